The number of amides is 1. The molecule has 0 fully saturated rings. The van der Waals surface area contributed by atoms with E-state index >= 15 is 0 Å². The first-order valence-corrected chi connectivity index (χ1v) is 8.77. The summed E-state index contributed by atoms with van der Waals surface area (Å²) in [5, 5.41) is 15.5. The molecule has 4 rings (SSSR count). The lowest BCUT2D eigenvalue weighted by Crippen LogP contribution is -2.22. The third kappa shape index (κ3) is 3.89. The molecule has 0 spiro atoms. The zero-order valence-electron chi connectivity index (χ0n) is 15.3. The van der Waals surface area contributed by atoms with E-state index in [0.717, 1.165) is 10.6 Å². The zero-order chi connectivity index (χ0) is 22.6. The molecule has 31 heavy (non-hydrogen) atoms. The highest BCUT2D eigenvalue weighted by molar-refractivity contribution is 5.94. The fourth-order valence-corrected chi connectivity index (χ4v) is 3.25. The Morgan fingerprint density at radius 2 is 2.00 bits per heavy atom. The number of aliphatic hydroxyl groups excluding tert-OH is 1. The maximum absolute atomic E-state index is 13.3. The lowest BCUT2D eigenvalue weighted by atomic mass is 10.1. The van der Waals surface area contributed by atoms with Crippen molar-refractivity contribution in [2.45, 2.75) is 31.4 Å². The molecular weight excluding hydrogens is 436 g/mol. The van der Waals surface area contributed by atoms with Crippen LogP contribution < -0.4 is 10.1 Å². The number of alkyl halides is 6. The Morgan fingerprint density at radius 1 is 1.26 bits per heavy atom. The number of nitrogens with zero attached hydrogens (tertiary/aromatic N) is 4. The highest BCUT2D eigenvalue weighted by Crippen LogP contribution is 2.42. The summed E-state index contributed by atoms with van der Waals surface area (Å²) in [6.45, 7) is -0.894. The number of hydrogen-bond donors (Lipinski definition) is 2. The van der Waals surface area contributed by atoms with E-state index in [1.54, 1.807) is 0 Å². The molecule has 3 aromatic heterocycles. The highest BCUT2D eigenvalue weighted by atomic mass is 19.4. The van der Waals surface area contributed by atoms with Gasteiger partial charge < -0.3 is 19.6 Å². The third-order valence-corrected chi connectivity index (χ3v) is 4.55. The number of anilines is 1. The molecule has 0 saturated carbocycles. The van der Waals surface area contributed by atoms with Crippen molar-refractivity contribution < 1.29 is 41.0 Å². The number of halogens is 6. The van der Waals surface area contributed by atoms with E-state index in [1.165, 1.54) is 12.4 Å². The maximum Gasteiger partial charge on any atom is 0.435 e. The van der Waals surface area contributed by atoms with Crippen LogP contribution in [0.3, 0.4) is 0 Å². The van der Waals surface area contributed by atoms with Gasteiger partial charge in [-0.2, -0.15) is 31.4 Å². The summed E-state index contributed by atoms with van der Waals surface area (Å²) in [5.41, 5.74) is -3.32. The quantitative estimate of drug-likeness (QED) is 0.600. The second-order valence-corrected chi connectivity index (χ2v) is 6.72. The van der Waals surface area contributed by atoms with Crippen molar-refractivity contribution in [3.8, 4) is 5.88 Å². The number of carbonyl (C=O) groups excluding carboxylic acids is 1. The van der Waals surface area contributed by atoms with Crippen LogP contribution in [0, 0.1) is 0 Å². The van der Waals surface area contributed by atoms with Gasteiger partial charge in [0.2, 0.25) is 11.8 Å². The van der Waals surface area contributed by atoms with Crippen molar-refractivity contribution in [3.05, 3.63) is 41.5 Å². The summed E-state index contributed by atoms with van der Waals surface area (Å²) in [7, 11) is 0. The Bertz CT molecular complexity index is 1150. The van der Waals surface area contributed by atoms with Crippen LogP contribution in [0.4, 0.5) is 32.0 Å². The molecule has 0 saturated heterocycles. The van der Waals surface area contributed by atoms with Crippen LogP contribution in [0.2, 0.25) is 0 Å². The van der Waals surface area contributed by atoms with Crippen molar-refractivity contribution in [2.24, 2.45) is 0 Å². The molecular formula is C17H13F6N5O3. The average molecular weight is 449 g/mol. The molecule has 1 amide bonds. The van der Waals surface area contributed by atoms with Gasteiger partial charge in [0, 0.05) is 25.0 Å². The first-order chi connectivity index (χ1) is 14.4. The maximum atomic E-state index is 13.3. The topological polar surface area (TPSA) is 93.7 Å². The highest BCUT2D eigenvalue weighted by Gasteiger charge is 2.43. The third-order valence-electron chi connectivity index (χ3n) is 4.55. The summed E-state index contributed by atoms with van der Waals surface area (Å²) < 4.78 is 86.0. The number of fused-ring (bicyclic) bond motifs is 2. The van der Waals surface area contributed by atoms with E-state index < -0.39 is 53.6 Å². The van der Waals surface area contributed by atoms with E-state index in [-0.39, 0.29) is 24.4 Å². The second-order valence-electron chi connectivity index (χ2n) is 6.72. The van der Waals surface area contributed by atoms with Gasteiger partial charge in [0.05, 0.1) is 29.5 Å². The number of aliphatic hydroxyl groups is 1. The van der Waals surface area contributed by atoms with Crippen LogP contribution in [-0.4, -0.2) is 36.8 Å². The Kier molecular flexibility index (Phi) is 4.83. The number of hydrogen-bond acceptors (Lipinski definition) is 5. The fourth-order valence-electron chi connectivity index (χ4n) is 3.25. The van der Waals surface area contributed by atoms with Crippen molar-refractivity contribution in [1.82, 2.24) is 19.2 Å². The standard InChI is InChI=1S/C17H13F6N5O3/c18-16(19,20)8-5-9(14-24-2-3-27(14)6-8)25-11(30)7-28-15-12(10(29)1-4-31-15)13(26-28)17(21,22)23/h2-3,5-6,10,29H,1,4,7H2,(H,25,30). The van der Waals surface area contributed by atoms with E-state index in [0.29, 0.717) is 10.7 Å². The molecule has 0 aromatic carbocycles. The summed E-state index contributed by atoms with van der Waals surface area (Å²) in [6, 6.07) is 0.667. The van der Waals surface area contributed by atoms with Crippen LogP contribution in [0.1, 0.15) is 29.3 Å². The van der Waals surface area contributed by atoms with Crippen molar-refractivity contribution in [2.75, 3.05) is 11.9 Å². The Balaban J connectivity index is 1.66. The van der Waals surface area contributed by atoms with E-state index in [2.05, 4.69) is 15.4 Å². The SMILES string of the molecule is O=C(Cn1nc(C(F)(F)F)c2c1OCCC2O)Nc1cc(C(F)(F)F)cn2ccnc12. The van der Waals surface area contributed by atoms with Gasteiger partial charge in [-0.1, -0.05) is 0 Å². The summed E-state index contributed by atoms with van der Waals surface area (Å²) >= 11 is 0. The minimum Gasteiger partial charge on any atom is -0.477 e. The minimum absolute atomic E-state index is 0.00602. The van der Waals surface area contributed by atoms with Gasteiger partial charge >= 0.3 is 12.4 Å². The van der Waals surface area contributed by atoms with Gasteiger partial charge in [-0.25, -0.2) is 9.67 Å². The van der Waals surface area contributed by atoms with Crippen LogP contribution in [0.25, 0.3) is 5.65 Å². The summed E-state index contributed by atoms with van der Waals surface area (Å²) in [5.74, 6) is -1.39. The predicted octanol–water partition coefficient (Wildman–Crippen LogP) is 3.02. The largest absolute Gasteiger partial charge is 0.477 e. The van der Waals surface area contributed by atoms with Gasteiger partial charge in [-0.3, -0.25) is 4.79 Å². The Hall–Kier alpha value is -3.29. The molecule has 0 radical (unpaired) electrons. The molecule has 1 atom stereocenters. The summed E-state index contributed by atoms with van der Waals surface area (Å²) in [6.07, 6.45) is -7.93. The molecule has 166 valence electrons. The van der Waals surface area contributed by atoms with Gasteiger partial charge in [0.15, 0.2) is 11.3 Å². The van der Waals surface area contributed by atoms with E-state index in [9.17, 15) is 36.2 Å². The summed E-state index contributed by atoms with van der Waals surface area (Å²) in [4.78, 5) is 16.3. The van der Waals surface area contributed by atoms with Gasteiger partial charge in [0.25, 0.3) is 0 Å². The molecule has 1 unspecified atom stereocenters. The van der Waals surface area contributed by atoms with Crippen LogP contribution in [0.5, 0.6) is 5.88 Å². The van der Waals surface area contributed by atoms with E-state index in [1.807, 2.05) is 0 Å². The number of carbonyl (C=O) groups is 1. The normalized spacial score (nSPS) is 16.8. The molecule has 3 aromatic rings. The predicted molar refractivity (Wildman–Crippen MR) is 91.1 cm³/mol. The first kappa shape index (κ1) is 21.0. The molecule has 0 bridgehead atoms. The number of aromatic nitrogens is 4. The average Bonchev–Trinajstić information content (AvgIpc) is 3.26. The zero-order valence-corrected chi connectivity index (χ0v) is 15.3. The van der Waals surface area contributed by atoms with E-state index in [4.69, 9.17) is 4.74 Å². The second kappa shape index (κ2) is 7.14. The molecule has 14 heteroatoms. The number of imidazole rings is 1. The van der Waals surface area contributed by atoms with Gasteiger partial charge in [0.1, 0.15) is 6.54 Å². The molecule has 8 nitrogen and oxygen atoms in total. The number of rotatable bonds is 3. The Labute approximate surface area is 169 Å². The van der Waals surface area contributed by atoms with Crippen molar-refractivity contribution in [1.29, 1.82) is 0 Å². The smallest absolute Gasteiger partial charge is 0.435 e. The molecule has 4 heterocycles. The first-order valence-electron chi connectivity index (χ1n) is 8.77. The number of nitrogens with one attached hydrogen (secondary N) is 1. The van der Waals surface area contributed by atoms with Crippen LogP contribution in [-0.2, 0) is 23.7 Å². The molecule has 1 aliphatic heterocycles. The van der Waals surface area contributed by atoms with Crippen LogP contribution in [0.15, 0.2) is 24.7 Å². The van der Waals surface area contributed by atoms with Gasteiger partial charge in [-0.15, -0.1) is 0 Å². The lowest BCUT2D eigenvalue weighted by Gasteiger charge is -2.20. The molecule has 1 aliphatic rings. The van der Waals surface area contributed by atoms with Crippen molar-refractivity contribution >= 4 is 17.2 Å². The van der Waals surface area contributed by atoms with Crippen LogP contribution >= 0.6 is 0 Å². The van der Waals surface area contributed by atoms with Crippen molar-refractivity contribution in [3.63, 3.8) is 0 Å². The molecule has 2 N–H and O–H groups in total. The number of pyridine rings is 1. The Morgan fingerprint density at radius 3 is 2.68 bits per heavy atom. The molecule has 0 aliphatic carbocycles. The lowest BCUT2D eigenvalue weighted by molar-refractivity contribution is -0.143. The monoisotopic (exact) mass is 449 g/mol. The fraction of sp³-hybridized carbons (Fsp3) is 0.353. The number of ether oxygens (including phenoxy) is 1. The van der Waals surface area contributed by atoms with Gasteiger partial charge in [-0.05, 0) is 6.07 Å². The minimum atomic E-state index is -4.91.